The van der Waals surface area contributed by atoms with Crippen molar-refractivity contribution in [1.29, 1.82) is 0 Å². The monoisotopic (exact) mass is 352 g/mol. The lowest BCUT2D eigenvalue weighted by molar-refractivity contribution is 0.0949. The van der Waals surface area contributed by atoms with E-state index in [1.807, 2.05) is 25.2 Å². The number of methoxy groups -OCH3 is 2. The van der Waals surface area contributed by atoms with E-state index in [1.54, 1.807) is 49.5 Å². The Morgan fingerprint density at radius 3 is 2.35 bits per heavy atom. The Labute approximate surface area is 151 Å². The quantitative estimate of drug-likeness (QED) is 0.737. The van der Waals surface area contributed by atoms with Crippen LogP contribution in [0.1, 0.15) is 16.1 Å². The van der Waals surface area contributed by atoms with Crippen LogP contribution in [0.5, 0.6) is 11.5 Å². The molecule has 1 amide bonds. The van der Waals surface area contributed by atoms with Crippen molar-refractivity contribution in [2.24, 2.45) is 7.05 Å². The van der Waals surface area contributed by atoms with E-state index in [0.717, 1.165) is 17.0 Å². The minimum absolute atomic E-state index is 0.224. The molecular formula is C19H20N4O3. The molecule has 0 unspecified atom stereocenters. The summed E-state index contributed by atoms with van der Waals surface area (Å²) < 4.78 is 12.2. The van der Waals surface area contributed by atoms with E-state index in [0.29, 0.717) is 23.6 Å². The second-order valence-corrected chi connectivity index (χ2v) is 5.66. The van der Waals surface area contributed by atoms with Gasteiger partial charge in [-0.1, -0.05) is 0 Å². The van der Waals surface area contributed by atoms with Gasteiger partial charge in [-0.05, 0) is 30.3 Å². The van der Waals surface area contributed by atoms with Crippen LogP contribution in [0, 0.1) is 0 Å². The zero-order valence-electron chi connectivity index (χ0n) is 14.9. The summed E-state index contributed by atoms with van der Waals surface area (Å²) in [6, 6.07) is 10.8. The number of benzene rings is 1. The Kier molecular flexibility index (Phi) is 5.17. The molecule has 0 bridgehead atoms. The number of hydrogen-bond donors (Lipinski definition) is 1. The van der Waals surface area contributed by atoms with Gasteiger partial charge in [-0.15, -0.1) is 0 Å². The molecule has 1 N–H and O–H groups in total. The second kappa shape index (κ2) is 7.69. The van der Waals surface area contributed by atoms with Crippen LogP contribution in [-0.2, 0) is 13.6 Å². The van der Waals surface area contributed by atoms with Gasteiger partial charge >= 0.3 is 0 Å². The van der Waals surface area contributed by atoms with Crippen molar-refractivity contribution in [3.8, 4) is 22.8 Å². The zero-order valence-corrected chi connectivity index (χ0v) is 14.9. The molecule has 7 heteroatoms. The second-order valence-electron chi connectivity index (χ2n) is 5.66. The Morgan fingerprint density at radius 1 is 1.08 bits per heavy atom. The van der Waals surface area contributed by atoms with Gasteiger partial charge in [0.2, 0.25) is 0 Å². The maximum absolute atomic E-state index is 12.5. The van der Waals surface area contributed by atoms with Crippen molar-refractivity contribution in [2.75, 3.05) is 14.2 Å². The number of aryl methyl sites for hydroxylation is 1. The smallest absolute Gasteiger partial charge is 0.251 e. The molecular weight excluding hydrogens is 332 g/mol. The number of rotatable bonds is 6. The summed E-state index contributed by atoms with van der Waals surface area (Å²) in [5.74, 6) is 0.901. The Bertz CT molecular complexity index is 884. The van der Waals surface area contributed by atoms with E-state index < -0.39 is 0 Å². The van der Waals surface area contributed by atoms with Crippen molar-refractivity contribution in [2.45, 2.75) is 6.54 Å². The molecule has 0 fully saturated rings. The minimum Gasteiger partial charge on any atom is -0.497 e. The van der Waals surface area contributed by atoms with Crippen LogP contribution in [0.3, 0.4) is 0 Å². The van der Waals surface area contributed by atoms with Gasteiger partial charge in [-0.3, -0.25) is 14.5 Å². The molecule has 1 aromatic carbocycles. The van der Waals surface area contributed by atoms with Crippen LogP contribution < -0.4 is 14.8 Å². The van der Waals surface area contributed by atoms with E-state index in [9.17, 15) is 4.79 Å². The van der Waals surface area contributed by atoms with Crippen molar-refractivity contribution in [3.63, 3.8) is 0 Å². The van der Waals surface area contributed by atoms with Crippen molar-refractivity contribution in [3.05, 3.63) is 60.0 Å². The van der Waals surface area contributed by atoms with Gasteiger partial charge in [0.1, 0.15) is 11.5 Å². The number of nitrogens with one attached hydrogen (secondary N) is 1. The first-order valence-electron chi connectivity index (χ1n) is 8.05. The van der Waals surface area contributed by atoms with E-state index in [-0.39, 0.29) is 5.91 Å². The molecule has 2 heterocycles. The largest absolute Gasteiger partial charge is 0.497 e. The third kappa shape index (κ3) is 3.83. The van der Waals surface area contributed by atoms with Crippen LogP contribution >= 0.6 is 0 Å². The highest BCUT2D eigenvalue weighted by atomic mass is 16.5. The third-order valence-corrected chi connectivity index (χ3v) is 3.95. The highest BCUT2D eigenvalue weighted by molar-refractivity contribution is 5.95. The number of amides is 1. The Balaban J connectivity index is 1.72. The Hall–Kier alpha value is -3.35. The van der Waals surface area contributed by atoms with Crippen LogP contribution in [0.2, 0.25) is 0 Å². The molecule has 0 aliphatic carbocycles. The summed E-state index contributed by atoms with van der Waals surface area (Å²) in [7, 11) is 4.96. The van der Waals surface area contributed by atoms with E-state index >= 15 is 0 Å². The first-order chi connectivity index (χ1) is 12.6. The molecule has 26 heavy (non-hydrogen) atoms. The number of ether oxygens (including phenoxy) is 2. The molecule has 3 rings (SSSR count). The third-order valence-electron chi connectivity index (χ3n) is 3.95. The lowest BCUT2D eigenvalue weighted by Crippen LogP contribution is -2.23. The molecule has 0 atom stereocenters. The maximum atomic E-state index is 12.5. The average molecular weight is 352 g/mol. The van der Waals surface area contributed by atoms with Crippen LogP contribution in [0.4, 0.5) is 0 Å². The number of carbonyl (C=O) groups is 1. The van der Waals surface area contributed by atoms with Gasteiger partial charge in [0.15, 0.2) is 0 Å². The predicted molar refractivity (Wildman–Crippen MR) is 97.2 cm³/mol. The fourth-order valence-corrected chi connectivity index (χ4v) is 2.62. The fraction of sp³-hybridized carbons (Fsp3) is 0.211. The van der Waals surface area contributed by atoms with Gasteiger partial charge in [-0.2, -0.15) is 5.10 Å². The van der Waals surface area contributed by atoms with Crippen LogP contribution in [0.15, 0.2) is 48.8 Å². The van der Waals surface area contributed by atoms with Crippen molar-refractivity contribution in [1.82, 2.24) is 20.1 Å². The molecule has 0 radical (unpaired) electrons. The topological polar surface area (TPSA) is 78.3 Å². The lowest BCUT2D eigenvalue weighted by atomic mass is 10.1. The molecule has 0 saturated heterocycles. The summed E-state index contributed by atoms with van der Waals surface area (Å²) in [6.45, 7) is 0.317. The molecule has 0 aliphatic rings. The van der Waals surface area contributed by atoms with Gasteiger partial charge in [-0.25, -0.2) is 0 Å². The normalized spacial score (nSPS) is 10.4. The highest BCUT2D eigenvalue weighted by Crippen LogP contribution is 2.23. The van der Waals surface area contributed by atoms with Gasteiger partial charge in [0.05, 0.1) is 32.2 Å². The fourth-order valence-electron chi connectivity index (χ4n) is 2.62. The molecule has 0 aliphatic heterocycles. The summed E-state index contributed by atoms with van der Waals surface area (Å²) in [5, 5.41) is 7.32. The SMILES string of the molecule is COc1cc(OC)cc(C(=O)NCc2cc(-c3ccncc3)n(C)n2)c1. The molecule has 0 spiro atoms. The van der Waals surface area contributed by atoms with E-state index in [4.69, 9.17) is 9.47 Å². The van der Waals surface area contributed by atoms with Gasteiger partial charge < -0.3 is 14.8 Å². The van der Waals surface area contributed by atoms with Crippen molar-refractivity contribution < 1.29 is 14.3 Å². The predicted octanol–water partition coefficient (Wildman–Crippen LogP) is 2.43. The summed E-state index contributed by atoms with van der Waals surface area (Å²) >= 11 is 0. The average Bonchev–Trinajstić information content (AvgIpc) is 3.06. The number of pyridine rings is 1. The molecule has 3 aromatic rings. The minimum atomic E-state index is -0.224. The first-order valence-corrected chi connectivity index (χ1v) is 8.05. The standard InChI is InChI=1S/C19H20N4O3/c1-23-18(13-4-6-20-7-5-13)10-15(22-23)12-21-19(24)14-8-16(25-2)11-17(9-14)26-3/h4-11H,12H2,1-3H3,(H,21,24). The maximum Gasteiger partial charge on any atom is 0.251 e. The highest BCUT2D eigenvalue weighted by Gasteiger charge is 2.12. The van der Waals surface area contributed by atoms with E-state index in [1.165, 1.54) is 0 Å². The number of aromatic nitrogens is 3. The van der Waals surface area contributed by atoms with Gasteiger partial charge in [0.25, 0.3) is 5.91 Å². The summed E-state index contributed by atoms with van der Waals surface area (Å²) in [5.41, 5.74) is 3.21. The molecule has 2 aromatic heterocycles. The van der Waals surface area contributed by atoms with Crippen molar-refractivity contribution >= 4 is 5.91 Å². The number of carbonyl (C=O) groups excluding carboxylic acids is 1. The van der Waals surface area contributed by atoms with E-state index in [2.05, 4.69) is 15.4 Å². The first kappa shape index (κ1) is 17.5. The molecule has 7 nitrogen and oxygen atoms in total. The van der Waals surface area contributed by atoms with Gasteiger partial charge in [0, 0.05) is 36.6 Å². The van der Waals surface area contributed by atoms with Crippen LogP contribution in [0.25, 0.3) is 11.3 Å². The lowest BCUT2D eigenvalue weighted by Gasteiger charge is -2.08. The number of hydrogen-bond acceptors (Lipinski definition) is 5. The molecule has 0 saturated carbocycles. The summed E-state index contributed by atoms with van der Waals surface area (Å²) in [6.07, 6.45) is 3.47. The zero-order chi connectivity index (χ0) is 18.5. The summed E-state index contributed by atoms with van der Waals surface area (Å²) in [4.78, 5) is 16.5. The Morgan fingerprint density at radius 2 is 1.73 bits per heavy atom. The number of nitrogens with zero attached hydrogens (tertiary/aromatic N) is 3. The van der Waals surface area contributed by atoms with Crippen LogP contribution in [-0.4, -0.2) is 34.9 Å². The molecule has 134 valence electrons.